The van der Waals surface area contributed by atoms with E-state index in [9.17, 15) is 60.7 Å². The van der Waals surface area contributed by atoms with Crippen molar-refractivity contribution < 1.29 is 29.9 Å². The number of benzene rings is 1. The number of nitrogens with zero attached hydrogens (tertiary/aromatic N) is 6. The summed E-state index contributed by atoms with van der Waals surface area (Å²) in [6.45, 7) is 0. The van der Waals surface area contributed by atoms with E-state index < -0.39 is 64.0 Å². The third-order valence-electron chi connectivity index (χ3n) is 2.58. The van der Waals surface area contributed by atoms with Gasteiger partial charge in [0.25, 0.3) is 17.1 Å². The molecule has 1 aromatic carbocycles. The van der Waals surface area contributed by atoms with Crippen molar-refractivity contribution in [3.05, 3.63) is 60.7 Å². The third kappa shape index (κ3) is 4.11. The first-order chi connectivity index (χ1) is 12.4. The molecule has 0 atom stereocenters. The maximum absolute atomic E-state index is 11.2. The van der Waals surface area contributed by atoms with Crippen LogP contribution < -0.4 is 16.3 Å². The summed E-state index contributed by atoms with van der Waals surface area (Å²) < 4.78 is 0. The van der Waals surface area contributed by atoms with Crippen LogP contribution in [0.2, 0.25) is 0 Å². The van der Waals surface area contributed by atoms with Crippen molar-refractivity contribution in [3.8, 4) is 0 Å². The lowest BCUT2D eigenvalue weighted by atomic mass is 10.1. The number of hydrogen-bond donors (Lipinski definition) is 3. The normalized spacial score (nSPS) is 9.78. The molecule has 27 heavy (non-hydrogen) atoms. The molecule has 0 radical (unpaired) electrons. The van der Waals surface area contributed by atoms with Crippen LogP contribution in [-0.4, -0.2) is 29.9 Å². The number of nitro groups is 6. The summed E-state index contributed by atoms with van der Waals surface area (Å²) in [6, 6.07) is 0. The fourth-order valence-electron chi connectivity index (χ4n) is 1.85. The van der Waals surface area contributed by atoms with E-state index in [-0.39, 0.29) is 0 Å². The maximum atomic E-state index is 11.2. The van der Waals surface area contributed by atoms with Crippen molar-refractivity contribution in [1.29, 1.82) is 0 Å². The second-order valence-electron chi connectivity index (χ2n) is 4.05. The molecule has 0 unspecified atom stereocenters. The molecule has 3 N–H and O–H groups in total. The molecule has 0 fully saturated rings. The molecule has 0 aliphatic rings. The number of rotatable bonds is 9. The van der Waals surface area contributed by atoms with Crippen molar-refractivity contribution in [2.24, 2.45) is 0 Å². The Morgan fingerprint density at radius 2 is 0.630 bits per heavy atom. The molecule has 0 bridgehead atoms. The predicted octanol–water partition coefficient (Wildman–Crippen LogP) is 0.222. The highest BCUT2D eigenvalue weighted by Gasteiger charge is 2.47. The molecular weight excluding hydrogens is 390 g/mol. The lowest BCUT2D eigenvalue weighted by Crippen LogP contribution is -2.20. The Morgan fingerprint density at radius 3 is 0.741 bits per heavy atom. The summed E-state index contributed by atoms with van der Waals surface area (Å²) in [4.78, 5) is 60.4. The smallest absolute Gasteiger partial charge is 0.258 e. The maximum Gasteiger partial charge on any atom is 0.341 e. The lowest BCUT2D eigenvalue weighted by molar-refractivity contribution is -0.456. The molecule has 0 aliphatic carbocycles. The van der Waals surface area contributed by atoms with Crippen LogP contribution in [0, 0.1) is 60.7 Å². The first-order valence-corrected chi connectivity index (χ1v) is 5.78. The highest BCUT2D eigenvalue weighted by Crippen LogP contribution is 2.52. The van der Waals surface area contributed by atoms with Crippen LogP contribution in [0.4, 0.5) is 34.1 Å². The van der Waals surface area contributed by atoms with Gasteiger partial charge in [0.05, 0.1) is 14.8 Å². The number of hydrogen-bond acceptors (Lipinski definition) is 12. The Bertz CT molecular complexity index is 759. The van der Waals surface area contributed by atoms with E-state index in [1.165, 1.54) is 0 Å². The van der Waals surface area contributed by atoms with E-state index in [1.807, 2.05) is 0 Å². The van der Waals surface area contributed by atoms with E-state index in [1.54, 1.807) is 0 Å². The molecule has 144 valence electrons. The van der Waals surface area contributed by atoms with Crippen LogP contribution in [0.1, 0.15) is 0 Å². The Morgan fingerprint density at radius 1 is 0.444 bits per heavy atom. The number of nitrogens with one attached hydrogen (secondary N) is 3. The second-order valence-corrected chi connectivity index (χ2v) is 4.05. The van der Waals surface area contributed by atoms with E-state index in [0.29, 0.717) is 0 Å². The van der Waals surface area contributed by atoms with Crippen molar-refractivity contribution in [2.75, 3.05) is 16.3 Å². The van der Waals surface area contributed by atoms with Crippen LogP contribution in [0.3, 0.4) is 0 Å². The van der Waals surface area contributed by atoms with Crippen molar-refractivity contribution >= 4 is 34.1 Å². The van der Waals surface area contributed by atoms with Crippen molar-refractivity contribution in [2.45, 2.75) is 0 Å². The van der Waals surface area contributed by atoms with E-state index in [2.05, 4.69) is 0 Å². The average molecular weight is 393 g/mol. The molecular formula is C6H3N9O12. The molecule has 0 spiro atoms. The number of hydrazine groups is 3. The Balaban J connectivity index is 4.28. The molecule has 0 saturated heterocycles. The van der Waals surface area contributed by atoms with Gasteiger partial charge in [-0.15, -0.1) is 0 Å². The fourth-order valence-corrected chi connectivity index (χ4v) is 1.85. The zero-order chi connectivity index (χ0) is 21.0. The number of anilines is 3. The van der Waals surface area contributed by atoms with Gasteiger partial charge in [0.1, 0.15) is 0 Å². The van der Waals surface area contributed by atoms with Gasteiger partial charge < -0.3 is 0 Å². The van der Waals surface area contributed by atoms with Crippen molar-refractivity contribution in [3.63, 3.8) is 0 Å². The van der Waals surface area contributed by atoms with Gasteiger partial charge in [0.2, 0.25) is 0 Å². The van der Waals surface area contributed by atoms with Gasteiger partial charge in [0.15, 0.2) is 15.1 Å². The monoisotopic (exact) mass is 393 g/mol. The van der Waals surface area contributed by atoms with Crippen LogP contribution in [0.15, 0.2) is 0 Å². The minimum atomic E-state index is -1.84. The van der Waals surface area contributed by atoms with Gasteiger partial charge in [-0.25, -0.2) is 30.3 Å². The fraction of sp³-hybridized carbons (Fsp3) is 0. The van der Waals surface area contributed by atoms with Gasteiger partial charge in [0, 0.05) is 0 Å². The summed E-state index contributed by atoms with van der Waals surface area (Å²) in [6.07, 6.45) is 0. The second kappa shape index (κ2) is 7.28. The first kappa shape index (κ1) is 20.1. The largest absolute Gasteiger partial charge is 0.341 e. The molecule has 0 amide bonds. The van der Waals surface area contributed by atoms with Crippen LogP contribution in [0.25, 0.3) is 0 Å². The first-order valence-electron chi connectivity index (χ1n) is 5.78. The quantitative estimate of drug-likeness (QED) is 0.373. The molecule has 0 saturated carbocycles. The van der Waals surface area contributed by atoms with E-state index >= 15 is 0 Å². The zero-order valence-electron chi connectivity index (χ0n) is 12.1. The lowest BCUT2D eigenvalue weighted by Gasteiger charge is -2.09. The zero-order valence-corrected chi connectivity index (χ0v) is 12.1. The third-order valence-corrected chi connectivity index (χ3v) is 2.58. The minimum Gasteiger partial charge on any atom is -0.258 e. The van der Waals surface area contributed by atoms with Crippen LogP contribution >= 0.6 is 0 Å². The Labute approximate surface area is 142 Å². The summed E-state index contributed by atoms with van der Waals surface area (Å²) in [5.41, 5.74) is -7.60. The Hall–Kier alpha value is -4.98. The molecule has 1 aromatic rings. The van der Waals surface area contributed by atoms with E-state index in [4.69, 9.17) is 0 Å². The summed E-state index contributed by atoms with van der Waals surface area (Å²) in [7, 11) is 0. The summed E-state index contributed by atoms with van der Waals surface area (Å²) >= 11 is 0. The standard InChI is InChI=1S/C6H3N9O12/c16-10(17)4-1(7-13(22)23)5(11(18)19)3(9-15(26)27)6(12(20)21)2(4)8-14(24)25/h7-9H. The Kier molecular flexibility index (Phi) is 5.41. The van der Waals surface area contributed by atoms with Crippen LogP contribution in [0.5, 0.6) is 0 Å². The van der Waals surface area contributed by atoms with Gasteiger partial charge in [-0.3, -0.25) is 30.3 Å². The van der Waals surface area contributed by atoms with Gasteiger partial charge in [-0.2, -0.15) is 0 Å². The van der Waals surface area contributed by atoms with Gasteiger partial charge >= 0.3 is 17.1 Å². The summed E-state index contributed by atoms with van der Waals surface area (Å²) in [5, 5.41) is 60.7. The molecule has 0 aromatic heterocycles. The van der Waals surface area contributed by atoms with Gasteiger partial charge in [-0.1, -0.05) is 16.3 Å². The molecule has 21 heteroatoms. The summed E-state index contributed by atoms with van der Waals surface area (Å²) in [5.74, 6) is 0. The molecule has 0 heterocycles. The number of nitro benzene ring substituents is 3. The minimum absolute atomic E-state index is 0.989. The average Bonchev–Trinajstić information content (AvgIpc) is 2.43. The topological polar surface area (TPSA) is 295 Å². The SMILES string of the molecule is O=[N+]([O-])Nc1c([N+](=O)[O-])c(N[N+](=O)[O-])c([N+](=O)[O-])c(N[N+](=O)[O-])c1[N+](=O)[O-]. The van der Waals surface area contributed by atoms with Gasteiger partial charge in [-0.05, 0) is 0 Å². The highest BCUT2D eigenvalue weighted by atomic mass is 16.7. The van der Waals surface area contributed by atoms with E-state index in [0.717, 1.165) is 16.3 Å². The molecule has 21 nitrogen and oxygen atoms in total. The highest BCUT2D eigenvalue weighted by molar-refractivity contribution is 5.99. The molecule has 1 rings (SSSR count). The van der Waals surface area contributed by atoms with Crippen LogP contribution in [-0.2, 0) is 0 Å². The molecule has 0 aliphatic heterocycles. The predicted molar refractivity (Wildman–Crippen MR) is 78.3 cm³/mol. The van der Waals surface area contributed by atoms with Crippen molar-refractivity contribution in [1.82, 2.24) is 0 Å².